The van der Waals surface area contributed by atoms with E-state index in [0.29, 0.717) is 0 Å². The summed E-state index contributed by atoms with van der Waals surface area (Å²) < 4.78 is 5.20. The fourth-order valence-corrected chi connectivity index (χ4v) is 1.95. The molecular formula is C14H21NO. The average Bonchev–Trinajstić information content (AvgIpc) is 3.10. The van der Waals surface area contributed by atoms with E-state index in [0.717, 1.165) is 24.8 Å². The Bertz CT molecular complexity index is 345. The highest BCUT2D eigenvalue weighted by Crippen LogP contribution is 2.20. The topological polar surface area (TPSA) is 21.3 Å². The number of benzene rings is 1. The van der Waals surface area contributed by atoms with Crippen LogP contribution < -0.4 is 10.1 Å². The summed E-state index contributed by atoms with van der Waals surface area (Å²) in [7, 11) is 1.72. The number of hydrogen-bond donors (Lipinski definition) is 1. The molecule has 0 saturated heterocycles. The first-order chi connectivity index (χ1) is 7.79. The smallest absolute Gasteiger partial charge is 0.119 e. The number of nitrogens with one attached hydrogen (secondary N) is 1. The molecule has 0 aromatic heterocycles. The lowest BCUT2D eigenvalue weighted by atomic mass is 10.0. The van der Waals surface area contributed by atoms with Crippen molar-refractivity contribution < 1.29 is 4.74 Å². The molecule has 2 nitrogen and oxygen atoms in total. The molecule has 0 heterocycles. The van der Waals surface area contributed by atoms with Gasteiger partial charge in [0, 0.05) is 6.04 Å². The molecule has 1 aromatic rings. The van der Waals surface area contributed by atoms with Crippen LogP contribution in [0.25, 0.3) is 0 Å². The predicted octanol–water partition coefficient (Wildman–Crippen LogP) is 2.69. The van der Waals surface area contributed by atoms with Crippen LogP contribution in [0, 0.1) is 6.92 Å². The van der Waals surface area contributed by atoms with Crippen molar-refractivity contribution in [3.05, 3.63) is 29.3 Å². The van der Waals surface area contributed by atoms with Crippen LogP contribution in [0.4, 0.5) is 0 Å². The van der Waals surface area contributed by atoms with Gasteiger partial charge in [0.1, 0.15) is 5.75 Å². The summed E-state index contributed by atoms with van der Waals surface area (Å²) >= 11 is 0. The number of hydrogen-bond acceptors (Lipinski definition) is 2. The third-order valence-electron chi connectivity index (χ3n) is 3.18. The van der Waals surface area contributed by atoms with Gasteiger partial charge in [0.2, 0.25) is 0 Å². The number of ether oxygens (including phenoxy) is 1. The molecule has 0 amide bonds. The van der Waals surface area contributed by atoms with E-state index < -0.39 is 0 Å². The van der Waals surface area contributed by atoms with Crippen LogP contribution in [0.2, 0.25) is 0 Å². The molecule has 0 bridgehead atoms. The van der Waals surface area contributed by atoms with Gasteiger partial charge < -0.3 is 10.1 Å². The minimum atomic E-state index is 0.831. The SMILES string of the molecule is COc1ccc(CCCNC2CC2)c(C)c1. The van der Waals surface area contributed by atoms with Gasteiger partial charge in [0.25, 0.3) is 0 Å². The van der Waals surface area contributed by atoms with Crippen LogP contribution in [0.3, 0.4) is 0 Å². The van der Waals surface area contributed by atoms with E-state index in [2.05, 4.69) is 30.4 Å². The quantitative estimate of drug-likeness (QED) is 0.743. The highest BCUT2D eigenvalue weighted by atomic mass is 16.5. The van der Waals surface area contributed by atoms with Crippen molar-refractivity contribution in [1.82, 2.24) is 5.32 Å². The molecule has 0 atom stereocenters. The Hall–Kier alpha value is -1.02. The highest BCUT2D eigenvalue weighted by Gasteiger charge is 2.19. The molecule has 16 heavy (non-hydrogen) atoms. The predicted molar refractivity (Wildman–Crippen MR) is 67.1 cm³/mol. The third kappa shape index (κ3) is 3.24. The van der Waals surface area contributed by atoms with E-state index >= 15 is 0 Å². The van der Waals surface area contributed by atoms with Gasteiger partial charge >= 0.3 is 0 Å². The summed E-state index contributed by atoms with van der Waals surface area (Å²) in [4.78, 5) is 0. The zero-order chi connectivity index (χ0) is 11.4. The van der Waals surface area contributed by atoms with Crippen LogP contribution >= 0.6 is 0 Å². The normalized spacial score (nSPS) is 15.1. The molecule has 0 radical (unpaired) electrons. The molecule has 2 rings (SSSR count). The lowest BCUT2D eigenvalue weighted by Crippen LogP contribution is -2.17. The van der Waals surface area contributed by atoms with Gasteiger partial charge in [-0.1, -0.05) is 6.07 Å². The summed E-state index contributed by atoms with van der Waals surface area (Å²) in [5, 5.41) is 3.54. The Morgan fingerprint density at radius 1 is 1.38 bits per heavy atom. The molecule has 0 spiro atoms. The Morgan fingerprint density at radius 3 is 2.81 bits per heavy atom. The Balaban J connectivity index is 1.78. The lowest BCUT2D eigenvalue weighted by Gasteiger charge is -2.08. The van der Waals surface area contributed by atoms with Crippen molar-refractivity contribution in [2.24, 2.45) is 0 Å². The van der Waals surface area contributed by atoms with Crippen molar-refractivity contribution in [1.29, 1.82) is 0 Å². The second-order valence-electron chi connectivity index (χ2n) is 4.62. The van der Waals surface area contributed by atoms with E-state index in [-0.39, 0.29) is 0 Å². The van der Waals surface area contributed by atoms with E-state index in [1.165, 1.54) is 30.4 Å². The largest absolute Gasteiger partial charge is 0.497 e. The Labute approximate surface area is 98.0 Å². The number of methoxy groups -OCH3 is 1. The standard InChI is InChI=1S/C14H21NO/c1-11-10-14(16-2)8-5-12(11)4-3-9-15-13-6-7-13/h5,8,10,13,15H,3-4,6-7,9H2,1-2H3. The molecule has 0 unspecified atom stereocenters. The van der Waals surface area contributed by atoms with E-state index in [1.807, 2.05) is 0 Å². The Kier molecular flexibility index (Phi) is 3.83. The first-order valence-electron chi connectivity index (χ1n) is 6.16. The summed E-state index contributed by atoms with van der Waals surface area (Å²) in [6, 6.07) is 7.18. The lowest BCUT2D eigenvalue weighted by molar-refractivity contribution is 0.414. The second-order valence-corrected chi connectivity index (χ2v) is 4.62. The van der Waals surface area contributed by atoms with Crippen molar-refractivity contribution in [2.75, 3.05) is 13.7 Å². The van der Waals surface area contributed by atoms with Crippen molar-refractivity contribution in [3.8, 4) is 5.75 Å². The molecule has 0 aliphatic heterocycles. The fraction of sp³-hybridized carbons (Fsp3) is 0.571. The molecule has 1 N–H and O–H groups in total. The van der Waals surface area contributed by atoms with Gasteiger partial charge in [-0.2, -0.15) is 0 Å². The second kappa shape index (κ2) is 5.35. The molecule has 88 valence electrons. The monoisotopic (exact) mass is 219 g/mol. The minimum absolute atomic E-state index is 0.831. The van der Waals surface area contributed by atoms with Crippen LogP contribution in [0.15, 0.2) is 18.2 Å². The summed E-state index contributed by atoms with van der Waals surface area (Å²) in [5.41, 5.74) is 2.78. The minimum Gasteiger partial charge on any atom is -0.497 e. The van der Waals surface area contributed by atoms with Crippen LogP contribution in [-0.4, -0.2) is 19.7 Å². The first kappa shape index (κ1) is 11.5. The maximum Gasteiger partial charge on any atom is 0.119 e. The average molecular weight is 219 g/mol. The van der Waals surface area contributed by atoms with E-state index in [4.69, 9.17) is 4.74 Å². The van der Waals surface area contributed by atoms with Crippen molar-refractivity contribution in [3.63, 3.8) is 0 Å². The first-order valence-corrected chi connectivity index (χ1v) is 6.16. The van der Waals surface area contributed by atoms with Crippen molar-refractivity contribution >= 4 is 0 Å². The van der Waals surface area contributed by atoms with Gasteiger partial charge in [0.15, 0.2) is 0 Å². The molecule has 1 fully saturated rings. The van der Waals surface area contributed by atoms with E-state index in [1.54, 1.807) is 7.11 Å². The molecular weight excluding hydrogens is 198 g/mol. The maximum absolute atomic E-state index is 5.20. The number of aryl methyl sites for hydroxylation is 2. The molecule has 1 saturated carbocycles. The van der Waals surface area contributed by atoms with Crippen LogP contribution in [0.1, 0.15) is 30.4 Å². The summed E-state index contributed by atoms with van der Waals surface area (Å²) in [6.45, 7) is 3.31. The molecule has 1 aliphatic carbocycles. The number of rotatable bonds is 6. The van der Waals surface area contributed by atoms with Gasteiger partial charge in [-0.15, -0.1) is 0 Å². The summed E-state index contributed by atoms with van der Waals surface area (Å²) in [6.07, 6.45) is 5.14. The molecule has 1 aliphatic rings. The fourth-order valence-electron chi connectivity index (χ4n) is 1.95. The third-order valence-corrected chi connectivity index (χ3v) is 3.18. The zero-order valence-electron chi connectivity index (χ0n) is 10.3. The summed E-state index contributed by atoms with van der Waals surface area (Å²) in [5.74, 6) is 0.956. The van der Waals surface area contributed by atoms with Crippen molar-refractivity contribution in [2.45, 2.75) is 38.6 Å². The van der Waals surface area contributed by atoms with Gasteiger partial charge in [-0.25, -0.2) is 0 Å². The van der Waals surface area contributed by atoms with E-state index in [9.17, 15) is 0 Å². The van der Waals surface area contributed by atoms with Crippen LogP contribution in [0.5, 0.6) is 5.75 Å². The zero-order valence-corrected chi connectivity index (χ0v) is 10.3. The highest BCUT2D eigenvalue weighted by molar-refractivity contribution is 5.34. The molecule has 2 heteroatoms. The van der Waals surface area contributed by atoms with Gasteiger partial charge in [0.05, 0.1) is 7.11 Å². The van der Waals surface area contributed by atoms with Gasteiger partial charge in [-0.3, -0.25) is 0 Å². The van der Waals surface area contributed by atoms with Gasteiger partial charge in [-0.05, 0) is 62.4 Å². The molecule has 1 aromatic carbocycles. The van der Waals surface area contributed by atoms with Crippen LogP contribution in [-0.2, 0) is 6.42 Å². The maximum atomic E-state index is 5.20. The Morgan fingerprint density at radius 2 is 2.19 bits per heavy atom.